The van der Waals surface area contributed by atoms with Crippen molar-refractivity contribution in [3.63, 3.8) is 0 Å². The van der Waals surface area contributed by atoms with Gasteiger partial charge in [0.25, 0.3) is 0 Å². The number of halogens is 2. The second kappa shape index (κ2) is 4.74. The Morgan fingerprint density at radius 2 is 1.74 bits per heavy atom. The van der Waals surface area contributed by atoms with Crippen LogP contribution in [0.15, 0.2) is 42.5 Å². The maximum absolute atomic E-state index is 13.3. The lowest BCUT2D eigenvalue weighted by Gasteiger charge is -2.21. The summed E-state index contributed by atoms with van der Waals surface area (Å²) in [7, 11) is 0. The van der Waals surface area contributed by atoms with Crippen LogP contribution in [0.25, 0.3) is 0 Å². The van der Waals surface area contributed by atoms with E-state index in [0.717, 1.165) is 18.9 Å². The van der Waals surface area contributed by atoms with Crippen molar-refractivity contribution in [1.29, 1.82) is 0 Å². The van der Waals surface area contributed by atoms with Gasteiger partial charge in [-0.25, -0.2) is 8.78 Å². The fourth-order valence-electron chi connectivity index (χ4n) is 2.96. The van der Waals surface area contributed by atoms with E-state index in [9.17, 15) is 8.78 Å². The Labute approximate surface area is 111 Å². The van der Waals surface area contributed by atoms with E-state index in [2.05, 4.69) is 12.1 Å². The predicted molar refractivity (Wildman–Crippen MR) is 70.8 cm³/mol. The zero-order chi connectivity index (χ0) is 13.4. The van der Waals surface area contributed by atoms with Crippen LogP contribution >= 0.6 is 0 Å². The summed E-state index contributed by atoms with van der Waals surface area (Å²) in [5.41, 5.74) is 9.25. The highest BCUT2D eigenvalue weighted by Crippen LogP contribution is 2.40. The third-order valence-corrected chi connectivity index (χ3v) is 3.88. The largest absolute Gasteiger partial charge is 0.323 e. The van der Waals surface area contributed by atoms with Crippen molar-refractivity contribution in [2.75, 3.05) is 0 Å². The van der Waals surface area contributed by atoms with Crippen LogP contribution in [0.3, 0.4) is 0 Å². The van der Waals surface area contributed by atoms with Gasteiger partial charge in [0.1, 0.15) is 11.6 Å². The van der Waals surface area contributed by atoms with Gasteiger partial charge in [0.2, 0.25) is 0 Å². The molecule has 0 heterocycles. The van der Waals surface area contributed by atoms with Gasteiger partial charge in [0, 0.05) is 18.0 Å². The average molecular weight is 259 g/mol. The molecule has 98 valence electrons. The molecule has 2 aromatic rings. The fraction of sp³-hybridized carbons (Fsp3) is 0.250. The minimum absolute atomic E-state index is 0.136. The van der Waals surface area contributed by atoms with E-state index in [1.165, 1.54) is 23.3 Å². The molecule has 0 spiro atoms. The lowest BCUT2D eigenvalue weighted by molar-refractivity contribution is 0.531. The summed E-state index contributed by atoms with van der Waals surface area (Å²) in [5, 5.41) is 0. The van der Waals surface area contributed by atoms with Crippen molar-refractivity contribution in [2.24, 2.45) is 5.73 Å². The highest BCUT2D eigenvalue weighted by Gasteiger charge is 2.28. The van der Waals surface area contributed by atoms with Crippen LogP contribution in [0.1, 0.15) is 35.1 Å². The quantitative estimate of drug-likeness (QED) is 0.874. The second-order valence-electron chi connectivity index (χ2n) is 5.07. The zero-order valence-corrected chi connectivity index (χ0v) is 10.4. The molecule has 0 aromatic heterocycles. The van der Waals surface area contributed by atoms with Crippen LogP contribution in [-0.4, -0.2) is 0 Å². The van der Waals surface area contributed by atoms with Crippen LogP contribution in [0, 0.1) is 11.6 Å². The van der Waals surface area contributed by atoms with Gasteiger partial charge >= 0.3 is 0 Å². The summed E-state index contributed by atoms with van der Waals surface area (Å²) >= 11 is 0. The Hall–Kier alpha value is -1.74. The van der Waals surface area contributed by atoms with E-state index in [0.29, 0.717) is 5.56 Å². The van der Waals surface area contributed by atoms with Gasteiger partial charge in [-0.05, 0) is 41.7 Å². The molecule has 2 aromatic carbocycles. The molecular formula is C16H15F2N. The van der Waals surface area contributed by atoms with Crippen LogP contribution in [0.4, 0.5) is 8.78 Å². The molecule has 1 aliphatic carbocycles. The summed E-state index contributed by atoms with van der Waals surface area (Å²) in [5.74, 6) is -1.01. The van der Waals surface area contributed by atoms with Crippen molar-refractivity contribution in [2.45, 2.75) is 24.8 Å². The van der Waals surface area contributed by atoms with Crippen LogP contribution < -0.4 is 5.73 Å². The molecule has 1 aliphatic rings. The minimum atomic E-state index is -0.572. The first-order valence-electron chi connectivity index (χ1n) is 6.44. The maximum atomic E-state index is 13.3. The van der Waals surface area contributed by atoms with Crippen molar-refractivity contribution in [3.8, 4) is 0 Å². The number of fused-ring (bicyclic) bond motifs is 1. The molecule has 2 unspecified atom stereocenters. The first kappa shape index (κ1) is 12.3. The topological polar surface area (TPSA) is 26.0 Å². The second-order valence-corrected chi connectivity index (χ2v) is 5.07. The van der Waals surface area contributed by atoms with Crippen LogP contribution in [0.2, 0.25) is 0 Å². The summed E-state index contributed by atoms with van der Waals surface area (Å²) in [6.07, 6.45) is 1.91. The van der Waals surface area contributed by atoms with E-state index >= 15 is 0 Å². The molecular weight excluding hydrogens is 244 g/mol. The van der Waals surface area contributed by atoms with Crippen LogP contribution in [-0.2, 0) is 6.42 Å². The Morgan fingerprint density at radius 1 is 1.05 bits per heavy atom. The summed E-state index contributed by atoms with van der Waals surface area (Å²) in [4.78, 5) is 0. The van der Waals surface area contributed by atoms with Gasteiger partial charge in [0.15, 0.2) is 0 Å². The normalized spacial score (nSPS) is 19.2. The van der Waals surface area contributed by atoms with Crippen molar-refractivity contribution < 1.29 is 8.78 Å². The monoisotopic (exact) mass is 259 g/mol. The van der Waals surface area contributed by atoms with Gasteiger partial charge < -0.3 is 5.73 Å². The Kier molecular flexibility index (Phi) is 3.07. The van der Waals surface area contributed by atoms with Gasteiger partial charge in [-0.1, -0.05) is 24.3 Å². The first-order chi connectivity index (χ1) is 9.15. The predicted octanol–water partition coefficient (Wildman–Crippen LogP) is 3.69. The molecule has 0 aliphatic heterocycles. The Morgan fingerprint density at radius 3 is 2.47 bits per heavy atom. The molecule has 1 nitrogen and oxygen atoms in total. The molecule has 0 fully saturated rings. The van der Waals surface area contributed by atoms with Gasteiger partial charge in [-0.15, -0.1) is 0 Å². The van der Waals surface area contributed by atoms with E-state index in [1.54, 1.807) is 0 Å². The zero-order valence-electron chi connectivity index (χ0n) is 10.4. The van der Waals surface area contributed by atoms with E-state index < -0.39 is 11.6 Å². The minimum Gasteiger partial charge on any atom is -0.323 e. The Balaban J connectivity index is 1.95. The SMILES string of the molecule is NC(c1cc(F)cc(F)c1)C1CCc2ccccc21. The molecule has 0 bridgehead atoms. The van der Waals surface area contributed by atoms with Crippen molar-refractivity contribution >= 4 is 0 Å². The van der Waals surface area contributed by atoms with Crippen molar-refractivity contribution in [1.82, 2.24) is 0 Å². The van der Waals surface area contributed by atoms with E-state index in [-0.39, 0.29) is 12.0 Å². The van der Waals surface area contributed by atoms with Gasteiger partial charge in [-0.2, -0.15) is 0 Å². The van der Waals surface area contributed by atoms with E-state index in [4.69, 9.17) is 5.73 Å². The third kappa shape index (κ3) is 2.26. The standard InChI is InChI=1S/C16H15F2N/c17-12-7-11(8-13(18)9-12)16(19)15-6-5-10-3-1-2-4-14(10)15/h1-4,7-9,15-16H,5-6,19H2. The molecule has 3 rings (SSSR count). The third-order valence-electron chi connectivity index (χ3n) is 3.88. The average Bonchev–Trinajstić information content (AvgIpc) is 2.80. The van der Waals surface area contributed by atoms with Crippen LogP contribution in [0.5, 0.6) is 0 Å². The first-order valence-corrected chi connectivity index (χ1v) is 6.44. The maximum Gasteiger partial charge on any atom is 0.126 e. The number of aryl methyl sites for hydroxylation is 1. The molecule has 0 amide bonds. The lowest BCUT2D eigenvalue weighted by atomic mass is 9.89. The summed E-state index contributed by atoms with van der Waals surface area (Å²) in [6.45, 7) is 0. The number of nitrogens with two attached hydrogens (primary N) is 1. The number of hydrogen-bond acceptors (Lipinski definition) is 1. The molecule has 0 saturated carbocycles. The molecule has 2 atom stereocenters. The summed E-state index contributed by atoms with van der Waals surface area (Å²) < 4.78 is 26.6. The number of benzene rings is 2. The molecule has 2 N–H and O–H groups in total. The number of hydrogen-bond donors (Lipinski definition) is 1. The van der Waals surface area contributed by atoms with Crippen molar-refractivity contribution in [3.05, 3.63) is 70.8 Å². The molecule has 19 heavy (non-hydrogen) atoms. The highest BCUT2D eigenvalue weighted by molar-refractivity contribution is 5.38. The summed E-state index contributed by atoms with van der Waals surface area (Å²) in [6, 6.07) is 11.3. The fourth-order valence-corrected chi connectivity index (χ4v) is 2.96. The van der Waals surface area contributed by atoms with Gasteiger partial charge in [0.05, 0.1) is 0 Å². The molecule has 0 saturated heterocycles. The van der Waals surface area contributed by atoms with E-state index in [1.807, 2.05) is 12.1 Å². The molecule has 3 heteroatoms. The lowest BCUT2D eigenvalue weighted by Crippen LogP contribution is -2.18. The highest BCUT2D eigenvalue weighted by atomic mass is 19.1. The Bertz CT molecular complexity index is 589. The smallest absolute Gasteiger partial charge is 0.126 e. The molecule has 0 radical (unpaired) electrons. The van der Waals surface area contributed by atoms with Gasteiger partial charge in [-0.3, -0.25) is 0 Å². The number of rotatable bonds is 2.